The average molecular weight is 403 g/mol. The van der Waals surface area contributed by atoms with Crippen molar-refractivity contribution in [3.63, 3.8) is 0 Å². The molecule has 3 rings (SSSR count). The van der Waals surface area contributed by atoms with Crippen LogP contribution in [0.2, 0.25) is 0 Å². The van der Waals surface area contributed by atoms with Gasteiger partial charge >= 0.3 is 12.3 Å². The molecule has 0 aliphatic carbocycles. The molecule has 2 amide bonds. The zero-order valence-corrected chi connectivity index (χ0v) is 15.0. The third kappa shape index (κ3) is 3.92. The lowest BCUT2D eigenvalue weighted by atomic mass is 10.1. The van der Waals surface area contributed by atoms with Gasteiger partial charge in [-0.05, 0) is 12.8 Å². The minimum Gasteiger partial charge on any atom is -0.472 e. The van der Waals surface area contributed by atoms with Crippen LogP contribution in [-0.4, -0.2) is 53.2 Å². The molecule has 0 saturated carbocycles. The van der Waals surface area contributed by atoms with Crippen LogP contribution in [-0.2, 0) is 6.18 Å². The van der Waals surface area contributed by atoms with E-state index in [0.717, 1.165) is 22.3 Å². The van der Waals surface area contributed by atoms with Crippen molar-refractivity contribution in [2.45, 2.75) is 25.1 Å². The topological polar surface area (TPSA) is 91.8 Å². The van der Waals surface area contributed by atoms with Gasteiger partial charge in [-0.25, -0.2) is 9.78 Å². The van der Waals surface area contributed by atoms with E-state index in [1.807, 2.05) is 0 Å². The van der Waals surface area contributed by atoms with Crippen LogP contribution in [0.25, 0.3) is 10.2 Å². The zero-order valence-electron chi connectivity index (χ0n) is 14.2. The first-order valence-corrected chi connectivity index (χ1v) is 8.94. The molecule has 1 aliphatic rings. The van der Waals surface area contributed by atoms with Gasteiger partial charge in [0.25, 0.3) is 5.91 Å². The molecule has 3 heterocycles. The monoisotopic (exact) mass is 403 g/mol. The fourth-order valence-electron chi connectivity index (χ4n) is 2.93. The van der Waals surface area contributed by atoms with Gasteiger partial charge in [0, 0.05) is 25.0 Å². The highest BCUT2D eigenvalue weighted by molar-refractivity contribution is 7.17. The second-order valence-corrected chi connectivity index (χ2v) is 6.90. The highest BCUT2D eigenvalue weighted by atomic mass is 32.1. The lowest BCUT2D eigenvalue weighted by Gasteiger charge is -2.30. The summed E-state index contributed by atoms with van der Waals surface area (Å²) in [7, 11) is 1.37. The third-order valence-electron chi connectivity index (χ3n) is 4.21. The first-order valence-electron chi connectivity index (χ1n) is 8.06. The number of halogens is 3. The van der Waals surface area contributed by atoms with Gasteiger partial charge in [0.15, 0.2) is 0 Å². The number of carbonyl (C=O) groups is 2. The Morgan fingerprint density at radius 2 is 2.19 bits per heavy atom. The second-order valence-electron chi connectivity index (χ2n) is 6.02. The molecule has 0 radical (unpaired) electrons. The Kier molecular flexibility index (Phi) is 5.13. The summed E-state index contributed by atoms with van der Waals surface area (Å²) < 4.78 is 45.8. The average Bonchev–Trinajstić information content (AvgIpc) is 3.03. The Labute approximate surface area is 155 Å². The summed E-state index contributed by atoms with van der Waals surface area (Å²) in [5, 5.41) is 12.8. The SMILES string of the molecule is CNC(=O)c1csc2c(C(F)(F)F)cc(O[C@H]3CCCN(C(=O)O)C3)nc12. The van der Waals surface area contributed by atoms with Crippen LogP contribution in [0.4, 0.5) is 18.0 Å². The second kappa shape index (κ2) is 7.22. The van der Waals surface area contributed by atoms with Crippen LogP contribution in [0.3, 0.4) is 0 Å². The van der Waals surface area contributed by atoms with Gasteiger partial charge in [0.2, 0.25) is 5.88 Å². The molecule has 11 heteroatoms. The Balaban J connectivity index is 2.00. The molecule has 1 fully saturated rings. The van der Waals surface area contributed by atoms with Gasteiger partial charge in [-0.3, -0.25) is 4.79 Å². The molecule has 2 N–H and O–H groups in total. The fourth-order valence-corrected chi connectivity index (χ4v) is 3.95. The van der Waals surface area contributed by atoms with Crippen molar-refractivity contribution in [2.75, 3.05) is 20.1 Å². The number of carboxylic acid groups (broad SMARTS) is 1. The minimum atomic E-state index is -4.65. The molecule has 146 valence electrons. The summed E-state index contributed by atoms with van der Waals surface area (Å²) in [6.45, 7) is 0.392. The number of thiophene rings is 1. The number of likely N-dealkylation sites (tertiary alicyclic amines) is 1. The first-order chi connectivity index (χ1) is 12.7. The minimum absolute atomic E-state index is 0.0317. The molecule has 0 spiro atoms. The maximum atomic E-state index is 13.5. The third-order valence-corrected chi connectivity index (χ3v) is 5.21. The number of piperidine rings is 1. The number of alkyl halides is 3. The lowest BCUT2D eigenvalue weighted by molar-refractivity contribution is -0.136. The van der Waals surface area contributed by atoms with Gasteiger partial charge in [-0.15, -0.1) is 11.3 Å². The number of nitrogens with zero attached hydrogens (tertiary/aromatic N) is 2. The number of fused-ring (bicyclic) bond motifs is 1. The molecular formula is C16H16F3N3O4S. The molecule has 0 bridgehead atoms. The predicted molar refractivity (Wildman–Crippen MR) is 91.3 cm³/mol. The predicted octanol–water partition coefficient (Wildman–Crippen LogP) is 3.20. The van der Waals surface area contributed by atoms with E-state index in [9.17, 15) is 22.8 Å². The van der Waals surface area contributed by atoms with Crippen LogP contribution < -0.4 is 10.1 Å². The van der Waals surface area contributed by atoms with Gasteiger partial charge in [0.05, 0.1) is 27.9 Å². The number of rotatable bonds is 3. The van der Waals surface area contributed by atoms with Crippen LogP contribution in [0, 0.1) is 0 Å². The van der Waals surface area contributed by atoms with Crippen molar-refractivity contribution >= 4 is 33.6 Å². The molecule has 0 aromatic carbocycles. The van der Waals surface area contributed by atoms with Crippen molar-refractivity contribution in [1.29, 1.82) is 0 Å². The van der Waals surface area contributed by atoms with Crippen LogP contribution >= 0.6 is 11.3 Å². The van der Waals surface area contributed by atoms with Gasteiger partial charge in [-0.2, -0.15) is 13.2 Å². The quantitative estimate of drug-likeness (QED) is 0.821. The summed E-state index contributed by atoms with van der Waals surface area (Å²) in [6, 6.07) is 0.798. The normalized spacial score (nSPS) is 17.8. The van der Waals surface area contributed by atoms with E-state index in [2.05, 4.69) is 10.3 Å². The lowest BCUT2D eigenvalue weighted by Crippen LogP contribution is -2.43. The summed E-state index contributed by atoms with van der Waals surface area (Å²) in [4.78, 5) is 28.3. The van der Waals surface area contributed by atoms with Crippen molar-refractivity contribution < 1.29 is 32.6 Å². The van der Waals surface area contributed by atoms with E-state index in [0.29, 0.717) is 19.4 Å². The number of nitrogens with one attached hydrogen (secondary N) is 1. The van der Waals surface area contributed by atoms with Crippen LogP contribution in [0.15, 0.2) is 11.4 Å². The summed E-state index contributed by atoms with van der Waals surface area (Å²) in [5.74, 6) is -0.829. The Morgan fingerprint density at radius 1 is 1.44 bits per heavy atom. The maximum absolute atomic E-state index is 13.5. The number of aromatic nitrogens is 1. The first kappa shape index (κ1) is 19.2. The van der Waals surface area contributed by atoms with Gasteiger partial charge < -0.3 is 20.1 Å². The number of hydrogen-bond acceptors (Lipinski definition) is 5. The Bertz CT molecular complexity index is 884. The van der Waals surface area contributed by atoms with Crippen molar-refractivity contribution in [1.82, 2.24) is 15.2 Å². The van der Waals surface area contributed by atoms with E-state index in [-0.39, 0.29) is 28.2 Å². The molecule has 2 aromatic heterocycles. The molecule has 2 aromatic rings. The van der Waals surface area contributed by atoms with Crippen molar-refractivity contribution in [3.05, 3.63) is 22.6 Å². The van der Waals surface area contributed by atoms with Crippen molar-refractivity contribution in [2.24, 2.45) is 0 Å². The molecular weight excluding hydrogens is 387 g/mol. The number of amides is 2. The molecule has 1 aliphatic heterocycles. The summed E-state index contributed by atoms with van der Waals surface area (Å²) in [6.07, 6.45) is -5.33. The van der Waals surface area contributed by atoms with E-state index < -0.39 is 29.8 Å². The summed E-state index contributed by atoms with van der Waals surface area (Å²) >= 11 is 0.785. The van der Waals surface area contributed by atoms with Crippen LogP contribution in [0.5, 0.6) is 5.88 Å². The standard InChI is InChI=1S/C16H16F3N3O4S/c1-20-14(23)9-7-27-13-10(16(17,18)19)5-11(21-12(9)13)26-8-3-2-4-22(6-8)15(24)25/h5,7-8H,2-4,6H2,1H3,(H,20,23)(H,24,25)/t8-/m0/s1. The van der Waals surface area contributed by atoms with Crippen molar-refractivity contribution in [3.8, 4) is 5.88 Å². The van der Waals surface area contributed by atoms with E-state index >= 15 is 0 Å². The number of ether oxygens (including phenoxy) is 1. The van der Waals surface area contributed by atoms with Crippen LogP contribution in [0.1, 0.15) is 28.8 Å². The Hall–Kier alpha value is -2.56. The molecule has 1 atom stereocenters. The van der Waals surface area contributed by atoms with E-state index in [4.69, 9.17) is 9.84 Å². The molecule has 7 nitrogen and oxygen atoms in total. The fraction of sp³-hybridized carbons (Fsp3) is 0.438. The summed E-state index contributed by atoms with van der Waals surface area (Å²) in [5.41, 5.74) is -0.993. The highest BCUT2D eigenvalue weighted by Gasteiger charge is 2.36. The molecule has 0 unspecified atom stereocenters. The van der Waals surface area contributed by atoms with Gasteiger partial charge in [-0.1, -0.05) is 0 Å². The van der Waals surface area contributed by atoms with Gasteiger partial charge in [0.1, 0.15) is 6.10 Å². The smallest absolute Gasteiger partial charge is 0.418 e. The number of hydrogen-bond donors (Lipinski definition) is 2. The number of carbonyl (C=O) groups excluding carboxylic acids is 1. The highest BCUT2D eigenvalue weighted by Crippen LogP contribution is 2.40. The maximum Gasteiger partial charge on any atom is 0.418 e. The Morgan fingerprint density at radius 3 is 2.81 bits per heavy atom. The van der Waals surface area contributed by atoms with E-state index in [1.165, 1.54) is 12.4 Å². The molecule has 1 saturated heterocycles. The van der Waals surface area contributed by atoms with E-state index in [1.54, 1.807) is 0 Å². The number of pyridine rings is 1. The largest absolute Gasteiger partial charge is 0.472 e. The molecule has 27 heavy (non-hydrogen) atoms. The zero-order chi connectivity index (χ0) is 19.8.